The minimum atomic E-state index is 0.389. The number of benzene rings is 1. The second kappa shape index (κ2) is 5.72. The standard InChI is InChI=1S/C15H20BrClN2/c16-13-4-3-12(14(17)9-13)10-19-8-7-18-15(11-19)5-1-2-6-15/h3-4,9,18H,1-2,5-8,10-11H2. The summed E-state index contributed by atoms with van der Waals surface area (Å²) in [7, 11) is 0. The third-order valence-electron chi connectivity index (χ3n) is 4.42. The summed E-state index contributed by atoms with van der Waals surface area (Å²) in [5.74, 6) is 0. The highest BCUT2D eigenvalue weighted by Crippen LogP contribution is 2.33. The Morgan fingerprint density at radius 3 is 2.84 bits per heavy atom. The van der Waals surface area contributed by atoms with E-state index >= 15 is 0 Å². The van der Waals surface area contributed by atoms with Gasteiger partial charge in [-0.1, -0.05) is 46.4 Å². The lowest BCUT2D eigenvalue weighted by Gasteiger charge is -2.41. The zero-order valence-corrected chi connectivity index (χ0v) is 13.4. The molecule has 1 aromatic rings. The van der Waals surface area contributed by atoms with Crippen molar-refractivity contribution in [2.45, 2.75) is 37.8 Å². The molecule has 1 spiro atoms. The second-order valence-corrected chi connectivity index (χ2v) is 7.18. The molecule has 0 aromatic heterocycles. The highest BCUT2D eigenvalue weighted by atomic mass is 79.9. The van der Waals surface area contributed by atoms with Crippen molar-refractivity contribution in [2.75, 3.05) is 19.6 Å². The van der Waals surface area contributed by atoms with E-state index in [2.05, 4.69) is 38.3 Å². The summed E-state index contributed by atoms with van der Waals surface area (Å²) in [5, 5.41) is 4.62. The minimum absolute atomic E-state index is 0.389. The molecule has 2 nitrogen and oxygen atoms in total. The molecular weight excluding hydrogens is 324 g/mol. The van der Waals surface area contributed by atoms with Crippen molar-refractivity contribution in [1.29, 1.82) is 0 Å². The number of nitrogens with zero attached hydrogens (tertiary/aromatic N) is 1. The van der Waals surface area contributed by atoms with Crippen LogP contribution in [0.5, 0.6) is 0 Å². The van der Waals surface area contributed by atoms with Crippen LogP contribution in [0.3, 0.4) is 0 Å². The van der Waals surface area contributed by atoms with E-state index in [1.807, 2.05) is 6.07 Å². The maximum absolute atomic E-state index is 6.33. The Labute approximate surface area is 128 Å². The van der Waals surface area contributed by atoms with Crippen LogP contribution in [0.4, 0.5) is 0 Å². The van der Waals surface area contributed by atoms with Crippen molar-refractivity contribution in [2.24, 2.45) is 0 Å². The third kappa shape index (κ3) is 3.15. The Hall–Kier alpha value is -0.0900. The van der Waals surface area contributed by atoms with Crippen molar-refractivity contribution in [3.63, 3.8) is 0 Å². The van der Waals surface area contributed by atoms with Gasteiger partial charge in [-0.25, -0.2) is 0 Å². The van der Waals surface area contributed by atoms with E-state index in [9.17, 15) is 0 Å². The molecule has 0 amide bonds. The van der Waals surface area contributed by atoms with Crippen LogP contribution >= 0.6 is 27.5 Å². The van der Waals surface area contributed by atoms with Crippen molar-refractivity contribution in [1.82, 2.24) is 10.2 Å². The molecule has 1 heterocycles. The SMILES string of the molecule is Clc1cc(Br)ccc1CN1CCNC2(CCCC2)C1. The van der Waals surface area contributed by atoms with Crippen LogP contribution in [0, 0.1) is 0 Å². The maximum atomic E-state index is 6.33. The minimum Gasteiger partial charge on any atom is -0.309 e. The molecule has 0 bridgehead atoms. The molecule has 2 fully saturated rings. The Balaban J connectivity index is 1.69. The lowest BCUT2D eigenvalue weighted by Crippen LogP contribution is -2.58. The first-order valence-electron chi connectivity index (χ1n) is 7.08. The molecule has 0 radical (unpaired) electrons. The summed E-state index contributed by atoms with van der Waals surface area (Å²) in [6.07, 6.45) is 5.41. The molecule has 19 heavy (non-hydrogen) atoms. The van der Waals surface area contributed by atoms with Crippen LogP contribution in [0.15, 0.2) is 22.7 Å². The lowest BCUT2D eigenvalue weighted by molar-refractivity contribution is 0.129. The number of hydrogen-bond acceptors (Lipinski definition) is 2. The maximum Gasteiger partial charge on any atom is 0.0462 e. The van der Waals surface area contributed by atoms with Crippen molar-refractivity contribution in [3.8, 4) is 0 Å². The van der Waals surface area contributed by atoms with Crippen LogP contribution in [0.1, 0.15) is 31.2 Å². The predicted molar refractivity (Wildman–Crippen MR) is 83.6 cm³/mol. The predicted octanol–water partition coefficient (Wildman–Crippen LogP) is 3.82. The van der Waals surface area contributed by atoms with Gasteiger partial charge in [0.2, 0.25) is 0 Å². The molecule has 0 atom stereocenters. The van der Waals surface area contributed by atoms with Crippen LogP contribution in [0.25, 0.3) is 0 Å². The van der Waals surface area contributed by atoms with E-state index < -0.39 is 0 Å². The monoisotopic (exact) mass is 342 g/mol. The molecule has 1 N–H and O–H groups in total. The number of piperazine rings is 1. The summed E-state index contributed by atoms with van der Waals surface area (Å²) < 4.78 is 1.05. The fraction of sp³-hybridized carbons (Fsp3) is 0.600. The number of rotatable bonds is 2. The number of nitrogens with one attached hydrogen (secondary N) is 1. The highest BCUT2D eigenvalue weighted by Gasteiger charge is 2.37. The van der Waals surface area contributed by atoms with E-state index in [-0.39, 0.29) is 0 Å². The molecule has 4 heteroatoms. The van der Waals surface area contributed by atoms with E-state index in [0.29, 0.717) is 5.54 Å². The first kappa shape index (κ1) is 13.9. The van der Waals surface area contributed by atoms with E-state index in [1.165, 1.54) is 37.8 Å². The van der Waals surface area contributed by atoms with Crippen molar-refractivity contribution >= 4 is 27.5 Å². The highest BCUT2D eigenvalue weighted by molar-refractivity contribution is 9.10. The van der Waals surface area contributed by atoms with Gasteiger partial charge >= 0.3 is 0 Å². The molecule has 104 valence electrons. The van der Waals surface area contributed by atoms with Gasteiger partial charge in [-0.15, -0.1) is 0 Å². The fourth-order valence-corrected chi connectivity index (χ4v) is 4.19. The lowest BCUT2D eigenvalue weighted by atomic mass is 9.94. The first-order chi connectivity index (χ1) is 9.17. The van der Waals surface area contributed by atoms with Gasteiger partial charge in [0.05, 0.1) is 0 Å². The van der Waals surface area contributed by atoms with Gasteiger partial charge in [0, 0.05) is 41.2 Å². The first-order valence-corrected chi connectivity index (χ1v) is 8.25. The summed E-state index contributed by atoms with van der Waals surface area (Å²) in [5.41, 5.74) is 1.63. The van der Waals surface area contributed by atoms with Gasteiger partial charge in [-0.3, -0.25) is 4.90 Å². The molecule has 0 unspecified atom stereocenters. The van der Waals surface area contributed by atoms with Crippen molar-refractivity contribution in [3.05, 3.63) is 33.3 Å². The second-order valence-electron chi connectivity index (χ2n) is 5.86. The van der Waals surface area contributed by atoms with Crippen LogP contribution < -0.4 is 5.32 Å². The average molecular weight is 344 g/mol. The van der Waals surface area contributed by atoms with Crippen molar-refractivity contribution < 1.29 is 0 Å². The zero-order chi connectivity index (χ0) is 13.3. The summed E-state index contributed by atoms with van der Waals surface area (Å²) >= 11 is 9.79. The van der Waals surface area contributed by atoms with Gasteiger partial charge < -0.3 is 5.32 Å². The number of hydrogen-bond donors (Lipinski definition) is 1. The number of halogens is 2. The van der Waals surface area contributed by atoms with Crippen LogP contribution in [0.2, 0.25) is 5.02 Å². The molecule has 3 rings (SSSR count). The Bertz CT molecular complexity index is 457. The quantitative estimate of drug-likeness (QED) is 0.878. The van der Waals surface area contributed by atoms with Gasteiger partial charge in [-0.2, -0.15) is 0 Å². The Kier molecular flexibility index (Phi) is 4.18. The zero-order valence-electron chi connectivity index (χ0n) is 11.1. The largest absolute Gasteiger partial charge is 0.309 e. The van der Waals surface area contributed by atoms with Gasteiger partial charge in [0.25, 0.3) is 0 Å². The van der Waals surface area contributed by atoms with E-state index in [1.54, 1.807) is 0 Å². The normalized spacial score (nSPS) is 23.1. The van der Waals surface area contributed by atoms with Gasteiger partial charge in [0.1, 0.15) is 0 Å². The van der Waals surface area contributed by atoms with Gasteiger partial charge in [-0.05, 0) is 30.5 Å². The average Bonchev–Trinajstić information content (AvgIpc) is 2.81. The Morgan fingerprint density at radius 2 is 2.11 bits per heavy atom. The summed E-state index contributed by atoms with van der Waals surface area (Å²) in [6.45, 7) is 4.36. The summed E-state index contributed by atoms with van der Waals surface area (Å²) in [4.78, 5) is 2.55. The fourth-order valence-electron chi connectivity index (χ4n) is 3.45. The third-order valence-corrected chi connectivity index (χ3v) is 5.27. The molecule has 2 aliphatic rings. The molecule has 1 saturated carbocycles. The van der Waals surface area contributed by atoms with Crippen LogP contribution in [-0.2, 0) is 6.54 Å². The Morgan fingerprint density at radius 1 is 1.32 bits per heavy atom. The van der Waals surface area contributed by atoms with Gasteiger partial charge in [0.15, 0.2) is 0 Å². The smallest absolute Gasteiger partial charge is 0.0462 e. The van der Waals surface area contributed by atoms with E-state index in [4.69, 9.17) is 11.6 Å². The van der Waals surface area contributed by atoms with E-state index in [0.717, 1.165) is 29.1 Å². The van der Waals surface area contributed by atoms with Crippen LogP contribution in [-0.4, -0.2) is 30.1 Å². The topological polar surface area (TPSA) is 15.3 Å². The molecular formula is C15H20BrClN2. The summed E-state index contributed by atoms with van der Waals surface area (Å²) in [6, 6.07) is 6.20. The molecule has 1 aliphatic carbocycles. The molecule has 1 saturated heterocycles. The molecule has 1 aliphatic heterocycles. The molecule has 1 aromatic carbocycles.